The maximum atomic E-state index is 12.4. The number of rotatable bonds is 3. The highest BCUT2D eigenvalue weighted by Crippen LogP contribution is 2.29. The van der Waals surface area contributed by atoms with Crippen LogP contribution < -0.4 is 0 Å². The number of aliphatic hydroxyl groups is 1. The predicted molar refractivity (Wildman–Crippen MR) is 58.7 cm³/mol. The third kappa shape index (κ3) is 2.89. The topological polar surface area (TPSA) is 38.1 Å². The van der Waals surface area contributed by atoms with Crippen molar-refractivity contribution in [3.05, 3.63) is 53.3 Å². The molecule has 0 bridgehead atoms. The molecule has 0 saturated heterocycles. The fraction of sp³-hybridized carbons (Fsp3) is 0.250. The van der Waals surface area contributed by atoms with Crippen molar-refractivity contribution in [3.8, 4) is 0 Å². The number of aromatic nitrogens is 2. The largest absolute Gasteiger partial charge is 0.416 e. The summed E-state index contributed by atoms with van der Waals surface area (Å²) < 4.78 is 38.6. The Kier molecular flexibility index (Phi) is 3.38. The van der Waals surface area contributed by atoms with Crippen molar-refractivity contribution in [1.29, 1.82) is 0 Å². The molecule has 0 aliphatic carbocycles. The third-order valence-corrected chi connectivity index (χ3v) is 2.50. The zero-order valence-corrected chi connectivity index (χ0v) is 9.35. The molecule has 0 radical (unpaired) electrons. The van der Waals surface area contributed by atoms with E-state index in [1.807, 2.05) is 0 Å². The predicted octanol–water partition coefficient (Wildman–Crippen LogP) is 2.44. The second-order valence-corrected chi connectivity index (χ2v) is 3.90. The molecule has 0 spiro atoms. The van der Waals surface area contributed by atoms with Gasteiger partial charge in [-0.05, 0) is 17.7 Å². The first kappa shape index (κ1) is 12.6. The first-order valence-corrected chi connectivity index (χ1v) is 5.27. The van der Waals surface area contributed by atoms with Gasteiger partial charge >= 0.3 is 6.18 Å². The van der Waals surface area contributed by atoms with Gasteiger partial charge in [0.2, 0.25) is 0 Å². The van der Waals surface area contributed by atoms with Crippen LogP contribution in [-0.2, 0) is 19.3 Å². The molecule has 2 rings (SSSR count). The van der Waals surface area contributed by atoms with Crippen LogP contribution in [0.4, 0.5) is 13.2 Å². The summed E-state index contributed by atoms with van der Waals surface area (Å²) in [6.45, 7) is 0.269. The van der Waals surface area contributed by atoms with Crippen LogP contribution in [0.25, 0.3) is 0 Å². The molecule has 6 heteroatoms. The summed E-state index contributed by atoms with van der Waals surface area (Å²) in [5.41, 5.74) is 0.722. The highest BCUT2D eigenvalue weighted by atomic mass is 19.4. The van der Waals surface area contributed by atoms with Crippen molar-refractivity contribution in [3.63, 3.8) is 0 Å². The fourth-order valence-corrected chi connectivity index (χ4v) is 1.56. The Morgan fingerprint density at radius 3 is 2.28 bits per heavy atom. The highest BCUT2D eigenvalue weighted by Gasteiger charge is 2.29. The molecule has 0 saturated carbocycles. The van der Waals surface area contributed by atoms with Crippen molar-refractivity contribution >= 4 is 0 Å². The van der Waals surface area contributed by atoms with E-state index in [1.165, 1.54) is 18.3 Å². The minimum atomic E-state index is -4.31. The summed E-state index contributed by atoms with van der Waals surface area (Å²) in [7, 11) is 0. The van der Waals surface area contributed by atoms with Gasteiger partial charge in [-0.2, -0.15) is 18.3 Å². The zero-order valence-electron chi connectivity index (χ0n) is 9.35. The van der Waals surface area contributed by atoms with Crippen LogP contribution in [0.2, 0.25) is 0 Å². The van der Waals surface area contributed by atoms with Crippen LogP contribution in [0.5, 0.6) is 0 Å². The van der Waals surface area contributed by atoms with Gasteiger partial charge in [0.1, 0.15) is 0 Å². The first-order chi connectivity index (χ1) is 8.49. The SMILES string of the molecule is OCc1cnn(Cc2ccc(C(F)(F)F)cc2)c1. The summed E-state index contributed by atoms with van der Waals surface area (Å²) in [6, 6.07) is 4.93. The maximum absolute atomic E-state index is 12.4. The Hall–Kier alpha value is -1.82. The number of alkyl halides is 3. The fourth-order valence-electron chi connectivity index (χ4n) is 1.56. The summed E-state index contributed by atoms with van der Waals surface area (Å²) in [4.78, 5) is 0. The van der Waals surface area contributed by atoms with Gasteiger partial charge < -0.3 is 5.11 Å². The van der Waals surface area contributed by atoms with Crippen LogP contribution in [0.3, 0.4) is 0 Å². The van der Waals surface area contributed by atoms with E-state index in [0.717, 1.165) is 17.7 Å². The Labute approximate surface area is 101 Å². The smallest absolute Gasteiger partial charge is 0.392 e. The summed E-state index contributed by atoms with van der Waals surface area (Å²) in [5.74, 6) is 0. The van der Waals surface area contributed by atoms with Gasteiger partial charge in [0.05, 0.1) is 24.9 Å². The lowest BCUT2D eigenvalue weighted by atomic mass is 10.1. The second-order valence-electron chi connectivity index (χ2n) is 3.90. The zero-order chi connectivity index (χ0) is 13.2. The van der Waals surface area contributed by atoms with Crippen LogP contribution in [-0.4, -0.2) is 14.9 Å². The highest BCUT2D eigenvalue weighted by molar-refractivity contribution is 5.24. The van der Waals surface area contributed by atoms with E-state index >= 15 is 0 Å². The number of benzene rings is 1. The molecule has 0 fully saturated rings. The first-order valence-electron chi connectivity index (χ1n) is 5.27. The van der Waals surface area contributed by atoms with E-state index in [2.05, 4.69) is 5.10 Å². The van der Waals surface area contributed by atoms with Crippen molar-refractivity contribution in [1.82, 2.24) is 9.78 Å². The second kappa shape index (κ2) is 4.81. The number of hydrogen-bond acceptors (Lipinski definition) is 2. The molecular formula is C12H11F3N2O. The molecule has 3 nitrogen and oxygen atoms in total. The third-order valence-electron chi connectivity index (χ3n) is 2.50. The molecule has 1 heterocycles. The van der Waals surface area contributed by atoms with E-state index in [-0.39, 0.29) is 6.61 Å². The standard InChI is InChI=1S/C12H11F3N2O/c13-12(14,15)11-3-1-9(2-4-11)6-17-7-10(8-18)5-16-17/h1-5,7,18H,6,8H2. The average Bonchev–Trinajstić information content (AvgIpc) is 2.76. The molecule has 1 aromatic carbocycles. The monoisotopic (exact) mass is 256 g/mol. The molecular weight excluding hydrogens is 245 g/mol. The lowest BCUT2D eigenvalue weighted by Gasteiger charge is -2.07. The summed E-state index contributed by atoms with van der Waals surface area (Å²) in [6.07, 6.45) is -1.14. The van der Waals surface area contributed by atoms with Gasteiger partial charge in [-0.3, -0.25) is 4.68 Å². The molecule has 1 aromatic heterocycles. The van der Waals surface area contributed by atoms with Crippen LogP contribution >= 0.6 is 0 Å². The summed E-state index contributed by atoms with van der Waals surface area (Å²) in [5, 5.41) is 12.9. The summed E-state index contributed by atoms with van der Waals surface area (Å²) >= 11 is 0. The van der Waals surface area contributed by atoms with Gasteiger partial charge in [0.15, 0.2) is 0 Å². The molecule has 0 atom stereocenters. The molecule has 0 unspecified atom stereocenters. The van der Waals surface area contributed by atoms with E-state index in [0.29, 0.717) is 12.1 Å². The molecule has 0 amide bonds. The van der Waals surface area contributed by atoms with Crippen LogP contribution in [0, 0.1) is 0 Å². The number of hydrogen-bond donors (Lipinski definition) is 1. The van der Waals surface area contributed by atoms with Crippen LogP contribution in [0.15, 0.2) is 36.7 Å². The van der Waals surface area contributed by atoms with E-state index in [4.69, 9.17) is 5.11 Å². The van der Waals surface area contributed by atoms with Gasteiger partial charge in [-0.25, -0.2) is 0 Å². The van der Waals surface area contributed by atoms with E-state index < -0.39 is 11.7 Å². The van der Waals surface area contributed by atoms with E-state index in [1.54, 1.807) is 10.9 Å². The Morgan fingerprint density at radius 2 is 1.78 bits per heavy atom. The van der Waals surface area contributed by atoms with Crippen molar-refractivity contribution in [2.75, 3.05) is 0 Å². The maximum Gasteiger partial charge on any atom is 0.416 e. The van der Waals surface area contributed by atoms with Gasteiger partial charge in [0.25, 0.3) is 0 Å². The molecule has 18 heavy (non-hydrogen) atoms. The van der Waals surface area contributed by atoms with Crippen molar-refractivity contribution in [2.45, 2.75) is 19.3 Å². The Balaban J connectivity index is 2.11. The minimum Gasteiger partial charge on any atom is -0.392 e. The molecule has 1 N–H and O–H groups in total. The lowest BCUT2D eigenvalue weighted by molar-refractivity contribution is -0.137. The van der Waals surface area contributed by atoms with Crippen molar-refractivity contribution < 1.29 is 18.3 Å². The van der Waals surface area contributed by atoms with E-state index in [9.17, 15) is 13.2 Å². The lowest BCUT2D eigenvalue weighted by Crippen LogP contribution is -2.05. The van der Waals surface area contributed by atoms with Crippen molar-refractivity contribution in [2.24, 2.45) is 0 Å². The van der Waals surface area contributed by atoms with Gasteiger partial charge in [-0.1, -0.05) is 12.1 Å². The normalized spacial score (nSPS) is 11.8. The number of nitrogens with zero attached hydrogens (tertiary/aromatic N) is 2. The molecule has 0 aliphatic heterocycles. The van der Waals surface area contributed by atoms with Crippen LogP contribution in [0.1, 0.15) is 16.7 Å². The molecule has 2 aromatic rings. The Bertz CT molecular complexity index is 517. The average molecular weight is 256 g/mol. The van der Waals surface area contributed by atoms with Gasteiger partial charge in [-0.15, -0.1) is 0 Å². The Morgan fingerprint density at radius 1 is 1.11 bits per heavy atom. The minimum absolute atomic E-state index is 0.104. The molecule has 0 aliphatic rings. The number of halogens is 3. The number of aliphatic hydroxyl groups excluding tert-OH is 1. The quantitative estimate of drug-likeness (QED) is 0.916. The van der Waals surface area contributed by atoms with Gasteiger partial charge in [0, 0.05) is 11.8 Å². The molecule has 96 valence electrons.